The smallest absolute Gasteiger partial charge is 0.332 e. The topological polar surface area (TPSA) is 127 Å². The molecule has 1 N–H and O–H groups in total. The minimum Gasteiger partial charge on any atom is -0.481 e. The van der Waals surface area contributed by atoms with Gasteiger partial charge in [0.05, 0.1) is 46.2 Å². The molecule has 176 valence electrons. The Morgan fingerprint density at radius 1 is 0.667 bits per heavy atom. The van der Waals surface area contributed by atoms with E-state index >= 15 is 0 Å². The lowest BCUT2D eigenvalue weighted by Gasteiger charge is -2.19. The monoisotopic (exact) mass is 436 g/mol. The summed E-state index contributed by atoms with van der Waals surface area (Å²) in [6, 6.07) is 0. The molecule has 0 atom stereocenters. The second-order valence-corrected chi connectivity index (χ2v) is 7.30. The lowest BCUT2D eigenvalue weighted by Crippen LogP contribution is -2.27. The summed E-state index contributed by atoms with van der Waals surface area (Å²) in [5, 5.41) is 8.49. The average Bonchev–Trinajstić information content (AvgIpc) is 2.64. The number of hydrogen-bond donors (Lipinski definition) is 1. The zero-order chi connectivity index (χ0) is 22.7. The van der Waals surface area contributed by atoms with Crippen molar-refractivity contribution >= 4 is 17.9 Å². The van der Waals surface area contributed by atoms with Gasteiger partial charge < -0.3 is 33.5 Å². The fourth-order valence-electron chi connectivity index (χ4n) is 2.02. The first-order valence-electron chi connectivity index (χ1n) is 10.1. The van der Waals surface area contributed by atoms with Gasteiger partial charge in [-0.15, -0.1) is 0 Å². The van der Waals surface area contributed by atoms with Crippen LogP contribution >= 0.6 is 0 Å². The molecule has 0 bridgehead atoms. The Morgan fingerprint density at radius 2 is 1.13 bits per heavy atom. The molecule has 0 saturated carbocycles. The number of carbonyl (C=O) groups is 3. The van der Waals surface area contributed by atoms with E-state index in [0.717, 1.165) is 0 Å². The van der Waals surface area contributed by atoms with Gasteiger partial charge in [0.1, 0.15) is 18.8 Å². The van der Waals surface area contributed by atoms with Crippen LogP contribution in [-0.2, 0) is 42.8 Å². The predicted octanol–water partition coefficient (Wildman–Crippen LogP) is 1.58. The molecule has 0 amide bonds. The molecule has 0 aliphatic carbocycles. The number of ether oxygens (including phenoxy) is 6. The predicted molar refractivity (Wildman–Crippen MR) is 106 cm³/mol. The van der Waals surface area contributed by atoms with Gasteiger partial charge in [0.15, 0.2) is 0 Å². The van der Waals surface area contributed by atoms with E-state index < -0.39 is 17.5 Å². The van der Waals surface area contributed by atoms with Crippen LogP contribution in [-0.4, -0.2) is 88.1 Å². The molecule has 0 unspecified atom stereocenters. The molecule has 0 aromatic rings. The molecular formula is C20H36O10. The number of aliphatic carboxylic acids is 1. The third-order valence-corrected chi connectivity index (χ3v) is 3.27. The number of rotatable bonds is 19. The van der Waals surface area contributed by atoms with E-state index in [9.17, 15) is 14.4 Å². The second kappa shape index (κ2) is 18.1. The van der Waals surface area contributed by atoms with Crippen molar-refractivity contribution in [2.24, 2.45) is 0 Å². The van der Waals surface area contributed by atoms with E-state index in [1.807, 2.05) is 0 Å². The number of unbranched alkanes of at least 4 members (excludes halogenated alkanes) is 1. The summed E-state index contributed by atoms with van der Waals surface area (Å²) in [5.41, 5.74) is -0.521. The highest BCUT2D eigenvalue weighted by atomic mass is 16.6. The molecule has 0 aliphatic heterocycles. The van der Waals surface area contributed by atoms with Gasteiger partial charge in [0.25, 0.3) is 0 Å². The van der Waals surface area contributed by atoms with Crippen LogP contribution < -0.4 is 0 Å². The highest BCUT2D eigenvalue weighted by Gasteiger charge is 2.15. The summed E-state index contributed by atoms with van der Waals surface area (Å²) in [6.07, 6.45) is 1.23. The molecule has 0 rings (SSSR count). The minimum absolute atomic E-state index is 0.0588. The lowest BCUT2D eigenvalue weighted by atomic mass is 10.2. The second-order valence-electron chi connectivity index (χ2n) is 7.30. The van der Waals surface area contributed by atoms with Gasteiger partial charge in [-0.25, -0.2) is 4.79 Å². The van der Waals surface area contributed by atoms with Crippen LogP contribution in [0.4, 0.5) is 0 Å². The average molecular weight is 436 g/mol. The standard InChI is InChI=1S/C20H36O10/c1-20(2,3)30-19(24)16-28-13-12-26-9-8-25-10-11-27-14-15-29-18(23)7-5-4-6-17(21)22/h4-16H2,1-3H3,(H,21,22). The van der Waals surface area contributed by atoms with Crippen LogP contribution in [0.5, 0.6) is 0 Å². The third-order valence-electron chi connectivity index (χ3n) is 3.27. The van der Waals surface area contributed by atoms with Crippen molar-refractivity contribution in [3.05, 3.63) is 0 Å². The van der Waals surface area contributed by atoms with Gasteiger partial charge in [-0.3, -0.25) is 9.59 Å². The Morgan fingerprint density at radius 3 is 1.63 bits per heavy atom. The first-order valence-corrected chi connectivity index (χ1v) is 10.1. The maximum absolute atomic E-state index is 11.4. The number of carboxylic acids is 1. The molecule has 0 aromatic heterocycles. The molecule has 0 heterocycles. The molecule has 30 heavy (non-hydrogen) atoms. The normalized spacial score (nSPS) is 11.3. The Labute approximate surface area is 178 Å². The van der Waals surface area contributed by atoms with Crippen molar-refractivity contribution in [3.63, 3.8) is 0 Å². The molecular weight excluding hydrogens is 400 g/mol. The van der Waals surface area contributed by atoms with Gasteiger partial charge in [-0.05, 0) is 33.6 Å². The maximum Gasteiger partial charge on any atom is 0.332 e. The Balaban J connectivity index is 3.25. The van der Waals surface area contributed by atoms with Crippen LogP contribution in [0.3, 0.4) is 0 Å². The van der Waals surface area contributed by atoms with Crippen molar-refractivity contribution in [1.82, 2.24) is 0 Å². The maximum atomic E-state index is 11.4. The fraction of sp³-hybridized carbons (Fsp3) is 0.850. The highest BCUT2D eigenvalue weighted by molar-refractivity contribution is 5.71. The lowest BCUT2D eigenvalue weighted by molar-refractivity contribution is -0.160. The molecule has 0 fully saturated rings. The number of hydrogen-bond acceptors (Lipinski definition) is 9. The van der Waals surface area contributed by atoms with E-state index in [1.54, 1.807) is 20.8 Å². The molecule has 0 radical (unpaired) electrons. The quantitative estimate of drug-likeness (QED) is 0.235. The first-order chi connectivity index (χ1) is 14.2. The summed E-state index contributed by atoms with van der Waals surface area (Å²) in [7, 11) is 0. The van der Waals surface area contributed by atoms with Crippen molar-refractivity contribution in [3.8, 4) is 0 Å². The van der Waals surface area contributed by atoms with Crippen LogP contribution in [0.1, 0.15) is 46.5 Å². The zero-order valence-corrected chi connectivity index (χ0v) is 18.3. The van der Waals surface area contributed by atoms with E-state index in [2.05, 4.69) is 0 Å². The molecule has 0 spiro atoms. The minimum atomic E-state index is -0.866. The van der Waals surface area contributed by atoms with Crippen LogP contribution in [0.25, 0.3) is 0 Å². The van der Waals surface area contributed by atoms with E-state index in [1.165, 1.54) is 0 Å². The van der Waals surface area contributed by atoms with Crippen LogP contribution in [0, 0.1) is 0 Å². The van der Waals surface area contributed by atoms with Crippen LogP contribution in [0.15, 0.2) is 0 Å². The highest BCUT2D eigenvalue weighted by Crippen LogP contribution is 2.06. The van der Waals surface area contributed by atoms with Crippen molar-refractivity contribution in [2.75, 3.05) is 59.5 Å². The summed E-state index contributed by atoms with van der Waals surface area (Å²) in [6.45, 7) is 7.92. The van der Waals surface area contributed by atoms with Gasteiger partial charge in [-0.2, -0.15) is 0 Å². The van der Waals surface area contributed by atoms with Crippen molar-refractivity contribution in [2.45, 2.75) is 52.1 Å². The third kappa shape index (κ3) is 22.5. The largest absolute Gasteiger partial charge is 0.481 e. The summed E-state index contributed by atoms with van der Waals surface area (Å²) < 4.78 is 31.1. The molecule has 0 aliphatic rings. The van der Waals surface area contributed by atoms with E-state index in [-0.39, 0.29) is 38.6 Å². The Kier molecular flexibility index (Phi) is 17.0. The van der Waals surface area contributed by atoms with Gasteiger partial charge in [0.2, 0.25) is 0 Å². The number of carbonyl (C=O) groups excluding carboxylic acids is 2. The van der Waals surface area contributed by atoms with Crippen molar-refractivity contribution in [1.29, 1.82) is 0 Å². The Bertz CT molecular complexity index is 473. The van der Waals surface area contributed by atoms with Gasteiger partial charge in [0, 0.05) is 12.8 Å². The first kappa shape index (κ1) is 28.2. The zero-order valence-electron chi connectivity index (χ0n) is 18.3. The van der Waals surface area contributed by atoms with Gasteiger partial charge in [-0.1, -0.05) is 0 Å². The number of carboxylic acid groups (broad SMARTS) is 1. The molecule has 0 saturated heterocycles. The summed E-state index contributed by atoms with van der Waals surface area (Å²) in [5.74, 6) is -1.63. The van der Waals surface area contributed by atoms with E-state index in [4.69, 9.17) is 33.5 Å². The summed E-state index contributed by atoms with van der Waals surface area (Å²) in [4.78, 5) is 33.1. The number of esters is 2. The molecule has 0 aromatic carbocycles. The van der Waals surface area contributed by atoms with Crippen LogP contribution in [0.2, 0.25) is 0 Å². The SMILES string of the molecule is CC(C)(C)OC(=O)COCCOCCOCCOCCOC(=O)CCCCC(=O)O. The van der Waals surface area contributed by atoms with Gasteiger partial charge >= 0.3 is 17.9 Å². The Hall–Kier alpha value is -1.75. The summed E-state index contributed by atoms with van der Waals surface area (Å²) >= 11 is 0. The molecule has 10 nitrogen and oxygen atoms in total. The fourth-order valence-corrected chi connectivity index (χ4v) is 2.02. The van der Waals surface area contributed by atoms with E-state index in [0.29, 0.717) is 52.5 Å². The molecule has 10 heteroatoms. The van der Waals surface area contributed by atoms with Crippen molar-refractivity contribution < 1.29 is 47.9 Å².